The average molecular weight is 415 g/mol. The fraction of sp³-hybridized carbons (Fsp3) is 0.583. The van der Waals surface area contributed by atoms with E-state index in [2.05, 4.69) is 57.5 Å². The van der Waals surface area contributed by atoms with Gasteiger partial charge in [0.1, 0.15) is 5.82 Å². The highest BCUT2D eigenvalue weighted by atomic mass is 16.5. The molecule has 0 spiro atoms. The van der Waals surface area contributed by atoms with E-state index < -0.39 is 5.91 Å². The zero-order chi connectivity index (χ0) is 22.3. The number of aromatic nitrogens is 2. The van der Waals surface area contributed by atoms with E-state index in [9.17, 15) is 4.79 Å². The summed E-state index contributed by atoms with van der Waals surface area (Å²) in [5.41, 5.74) is 4.85. The van der Waals surface area contributed by atoms with Crippen molar-refractivity contribution in [1.29, 1.82) is 0 Å². The third kappa shape index (κ3) is 7.58. The van der Waals surface area contributed by atoms with Gasteiger partial charge in [-0.2, -0.15) is 0 Å². The molecule has 1 amide bonds. The molecule has 0 fully saturated rings. The zero-order valence-corrected chi connectivity index (χ0v) is 19.3. The van der Waals surface area contributed by atoms with Crippen molar-refractivity contribution in [3.63, 3.8) is 0 Å². The topological polar surface area (TPSA) is 79.2 Å². The normalized spacial score (nSPS) is 13.5. The third-order valence-electron chi connectivity index (χ3n) is 4.99. The summed E-state index contributed by atoms with van der Waals surface area (Å²) >= 11 is 0. The molecule has 2 aromatic rings. The van der Waals surface area contributed by atoms with Crippen LogP contribution in [0.3, 0.4) is 0 Å². The molecule has 0 aliphatic carbocycles. The van der Waals surface area contributed by atoms with E-state index in [4.69, 9.17) is 10.2 Å². The fourth-order valence-electron chi connectivity index (χ4n) is 3.97. The van der Waals surface area contributed by atoms with E-state index >= 15 is 0 Å². The summed E-state index contributed by atoms with van der Waals surface area (Å²) in [7, 11) is 0. The van der Waals surface area contributed by atoms with Crippen LogP contribution in [-0.4, -0.2) is 33.3 Å². The van der Waals surface area contributed by atoms with E-state index in [1.807, 2.05) is 12.1 Å². The first-order valence-corrected chi connectivity index (χ1v) is 10.9. The lowest BCUT2D eigenvalue weighted by Crippen LogP contribution is -2.24. The molecule has 0 saturated carbocycles. The molecule has 0 aliphatic rings. The standard InChI is InChI=1S/C24H38N4O2/c1-17(2)25-12-7-13-28-21-10-8-19(9-11-23(29)27-30)15-20(21)26-22(28)14-18(3)16-24(4,5)6/h8-11,15,17-18,25,30H,7,12-14,16H2,1-6H3,(H,27,29)/b11-9+. The summed E-state index contributed by atoms with van der Waals surface area (Å²) in [5.74, 6) is 1.12. The minimum Gasteiger partial charge on any atom is -0.328 e. The van der Waals surface area contributed by atoms with Crippen molar-refractivity contribution in [3.05, 3.63) is 35.7 Å². The molecular formula is C24H38N4O2. The lowest BCUT2D eigenvalue weighted by atomic mass is 9.84. The second-order valence-electron chi connectivity index (χ2n) is 9.77. The molecular weight excluding hydrogens is 376 g/mol. The fourth-order valence-corrected chi connectivity index (χ4v) is 3.97. The van der Waals surface area contributed by atoms with Gasteiger partial charge in [0.05, 0.1) is 11.0 Å². The molecule has 6 nitrogen and oxygen atoms in total. The lowest BCUT2D eigenvalue weighted by molar-refractivity contribution is -0.124. The Labute approximate surface area is 180 Å². The third-order valence-corrected chi connectivity index (χ3v) is 4.99. The zero-order valence-electron chi connectivity index (χ0n) is 19.3. The van der Waals surface area contributed by atoms with Crippen LogP contribution in [0, 0.1) is 11.3 Å². The Balaban J connectivity index is 2.29. The molecule has 0 radical (unpaired) electrons. The summed E-state index contributed by atoms with van der Waals surface area (Å²) < 4.78 is 2.35. The molecule has 1 aromatic heterocycles. The Bertz CT molecular complexity index is 862. The maximum Gasteiger partial charge on any atom is 0.267 e. The number of benzene rings is 1. The molecule has 6 heteroatoms. The number of carbonyl (C=O) groups is 1. The van der Waals surface area contributed by atoms with Gasteiger partial charge in [0.25, 0.3) is 5.91 Å². The predicted molar refractivity (Wildman–Crippen MR) is 123 cm³/mol. The molecule has 30 heavy (non-hydrogen) atoms. The number of nitrogens with zero attached hydrogens (tertiary/aromatic N) is 2. The van der Waals surface area contributed by atoms with Crippen molar-refractivity contribution >= 4 is 23.0 Å². The van der Waals surface area contributed by atoms with Crippen LogP contribution in [0.5, 0.6) is 0 Å². The largest absolute Gasteiger partial charge is 0.328 e. The Morgan fingerprint density at radius 3 is 2.63 bits per heavy atom. The highest BCUT2D eigenvalue weighted by Gasteiger charge is 2.19. The molecule has 0 bridgehead atoms. The summed E-state index contributed by atoms with van der Waals surface area (Å²) in [5, 5.41) is 12.1. The van der Waals surface area contributed by atoms with Crippen molar-refractivity contribution in [2.24, 2.45) is 11.3 Å². The first kappa shape index (κ1) is 24.1. The summed E-state index contributed by atoms with van der Waals surface area (Å²) in [6, 6.07) is 6.54. The van der Waals surface area contributed by atoms with Crippen LogP contribution in [0.1, 0.15) is 65.8 Å². The Kier molecular flexibility index (Phi) is 8.62. The molecule has 1 heterocycles. The average Bonchev–Trinajstić information content (AvgIpc) is 2.97. The Morgan fingerprint density at radius 1 is 1.27 bits per heavy atom. The number of hydrogen-bond acceptors (Lipinski definition) is 4. The van der Waals surface area contributed by atoms with Crippen LogP contribution in [0.25, 0.3) is 17.1 Å². The highest BCUT2D eigenvalue weighted by Crippen LogP contribution is 2.28. The Hall–Kier alpha value is -2.18. The molecule has 1 aromatic carbocycles. The molecule has 1 atom stereocenters. The minimum atomic E-state index is -0.546. The van der Waals surface area contributed by atoms with Crippen molar-refractivity contribution in [2.45, 2.75) is 73.4 Å². The highest BCUT2D eigenvalue weighted by molar-refractivity contribution is 5.91. The van der Waals surface area contributed by atoms with Crippen molar-refractivity contribution in [3.8, 4) is 0 Å². The van der Waals surface area contributed by atoms with Crippen LogP contribution in [-0.2, 0) is 17.8 Å². The molecule has 166 valence electrons. The second kappa shape index (κ2) is 10.7. The van der Waals surface area contributed by atoms with Crippen LogP contribution in [0.15, 0.2) is 24.3 Å². The van der Waals surface area contributed by atoms with Crippen molar-refractivity contribution < 1.29 is 10.0 Å². The number of carbonyl (C=O) groups excluding carboxylic acids is 1. The van der Waals surface area contributed by atoms with Crippen molar-refractivity contribution in [1.82, 2.24) is 20.3 Å². The van der Waals surface area contributed by atoms with Gasteiger partial charge in [0.2, 0.25) is 0 Å². The van der Waals surface area contributed by atoms with Gasteiger partial charge in [0, 0.05) is 25.1 Å². The summed E-state index contributed by atoms with van der Waals surface area (Å²) in [6.45, 7) is 15.4. The number of hydrogen-bond donors (Lipinski definition) is 3. The van der Waals surface area contributed by atoms with Gasteiger partial charge in [-0.1, -0.05) is 47.6 Å². The molecule has 2 rings (SSSR count). The second-order valence-corrected chi connectivity index (χ2v) is 9.77. The van der Waals surface area contributed by atoms with Gasteiger partial charge >= 0.3 is 0 Å². The first-order chi connectivity index (χ1) is 14.1. The number of amides is 1. The lowest BCUT2D eigenvalue weighted by Gasteiger charge is -2.23. The first-order valence-electron chi connectivity index (χ1n) is 10.9. The van der Waals surface area contributed by atoms with Gasteiger partial charge in [0.15, 0.2) is 0 Å². The van der Waals surface area contributed by atoms with E-state index in [1.54, 1.807) is 11.6 Å². The van der Waals surface area contributed by atoms with Crippen LogP contribution < -0.4 is 10.8 Å². The molecule has 3 N–H and O–H groups in total. The SMILES string of the molecule is CC(Cc1nc2cc(/C=C/C(=O)NO)ccc2n1CCCNC(C)C)CC(C)(C)C. The van der Waals surface area contributed by atoms with Gasteiger partial charge in [-0.3, -0.25) is 10.0 Å². The minimum absolute atomic E-state index is 0.294. The molecule has 1 unspecified atom stereocenters. The van der Waals surface area contributed by atoms with Crippen LogP contribution >= 0.6 is 0 Å². The number of imidazole rings is 1. The quantitative estimate of drug-likeness (QED) is 0.230. The number of nitrogens with one attached hydrogen (secondary N) is 2. The van der Waals surface area contributed by atoms with Gasteiger partial charge < -0.3 is 9.88 Å². The van der Waals surface area contributed by atoms with E-state index in [-0.39, 0.29) is 0 Å². The van der Waals surface area contributed by atoms with Crippen LogP contribution in [0.2, 0.25) is 0 Å². The van der Waals surface area contributed by atoms with Crippen molar-refractivity contribution in [2.75, 3.05) is 6.54 Å². The maximum atomic E-state index is 11.3. The summed E-state index contributed by atoms with van der Waals surface area (Å²) in [6.07, 6.45) is 6.13. The molecule has 0 aliphatic heterocycles. The molecule has 0 saturated heterocycles. The van der Waals surface area contributed by atoms with Gasteiger partial charge in [-0.05, 0) is 54.5 Å². The monoisotopic (exact) mass is 414 g/mol. The smallest absolute Gasteiger partial charge is 0.267 e. The van der Waals surface area contributed by atoms with E-state index in [1.165, 1.54) is 6.08 Å². The summed E-state index contributed by atoms with van der Waals surface area (Å²) in [4.78, 5) is 16.2. The van der Waals surface area contributed by atoms with E-state index in [0.717, 1.165) is 54.8 Å². The number of rotatable bonds is 10. The maximum absolute atomic E-state index is 11.3. The number of hydroxylamine groups is 1. The number of aryl methyl sites for hydroxylation is 1. The van der Waals surface area contributed by atoms with Crippen LogP contribution in [0.4, 0.5) is 0 Å². The van der Waals surface area contributed by atoms with E-state index in [0.29, 0.717) is 17.4 Å². The van der Waals surface area contributed by atoms with Gasteiger partial charge in [-0.15, -0.1) is 0 Å². The predicted octanol–water partition coefficient (Wildman–Crippen LogP) is 4.56. The Morgan fingerprint density at radius 2 is 2.00 bits per heavy atom. The van der Waals surface area contributed by atoms with Gasteiger partial charge in [-0.25, -0.2) is 10.5 Å². The number of fused-ring (bicyclic) bond motifs is 1.